The summed E-state index contributed by atoms with van der Waals surface area (Å²) >= 11 is 0. The second-order valence-electron chi connectivity index (χ2n) is 26.1. The maximum Gasteiger partial charge on any atom is 0.293 e. The van der Waals surface area contributed by atoms with Gasteiger partial charge in [0.25, 0.3) is 21.6 Å². The van der Waals surface area contributed by atoms with Crippen LogP contribution in [0.1, 0.15) is 118 Å². The quantitative estimate of drug-likeness (QED) is 0.0553. The van der Waals surface area contributed by atoms with Gasteiger partial charge in [0.1, 0.15) is 23.1 Å². The van der Waals surface area contributed by atoms with Crippen molar-refractivity contribution in [1.29, 1.82) is 0 Å². The molecule has 5 aliphatic heterocycles. The number of piperidine rings is 2. The normalized spacial score (nSPS) is 26.1. The van der Waals surface area contributed by atoms with Crippen LogP contribution in [0.3, 0.4) is 0 Å². The SMILES string of the molecule is COc1cc(C[C@]2(C)CCN(C3CC4(CCN(c5ccc(C(=O)NS(=O)(=O)c6ccc(NC[C@H]7CC[C@](C)(O)CC7)c([N+](=O)[O-])c6)c(N6c7cc8cc[nH]c8nc7O[C@H]7COCC[C@@H]76)c5)CC4)C3)[C@H](c3ccccc3C)C2)cnc1N1CCOCC1. The van der Waals surface area contributed by atoms with Crippen LogP contribution in [0.25, 0.3) is 11.0 Å². The number of carbonyl (C=O) groups is 1. The fourth-order valence-corrected chi connectivity index (χ4v) is 16.2. The lowest BCUT2D eigenvalue weighted by Gasteiger charge is -2.59. The minimum absolute atomic E-state index is 0.0560. The summed E-state index contributed by atoms with van der Waals surface area (Å²) in [5, 5.41) is 26.9. The van der Waals surface area contributed by atoms with E-state index in [9.17, 15) is 28.4 Å². The highest BCUT2D eigenvalue weighted by Crippen LogP contribution is 2.56. The number of ether oxygens (including phenoxy) is 4. The fraction of sp³-hybridized carbons (Fsp3) is 0.523. The van der Waals surface area contributed by atoms with Gasteiger partial charge < -0.3 is 49.1 Å². The number of benzene rings is 3. The van der Waals surface area contributed by atoms with Gasteiger partial charge in [-0.15, -0.1) is 0 Å². The number of aryl methyl sites for hydroxylation is 1. The number of nitrogens with zero attached hydrogens (tertiary/aromatic N) is 7. The van der Waals surface area contributed by atoms with E-state index in [1.54, 1.807) is 13.2 Å². The van der Waals surface area contributed by atoms with Crippen LogP contribution in [0.15, 0.2) is 96.2 Å². The molecule has 6 fully saturated rings. The molecule has 4 N–H and O–H groups in total. The highest BCUT2D eigenvalue weighted by atomic mass is 32.2. The number of likely N-dealkylation sites (tertiary alicyclic amines) is 1. The number of amides is 1. The lowest BCUT2D eigenvalue weighted by atomic mass is 9.59. The number of sulfonamides is 1. The van der Waals surface area contributed by atoms with Crippen LogP contribution in [0, 0.1) is 33.8 Å². The molecular weight excluding hydrogens is 1110 g/mol. The zero-order valence-electron chi connectivity index (χ0n) is 49.8. The molecule has 4 atom stereocenters. The molecule has 2 saturated carbocycles. The van der Waals surface area contributed by atoms with Gasteiger partial charge >= 0.3 is 0 Å². The topological polar surface area (TPSA) is 230 Å². The predicted octanol–water partition coefficient (Wildman–Crippen LogP) is 10.0. The van der Waals surface area contributed by atoms with Crippen LogP contribution in [-0.2, 0) is 25.9 Å². The maximum atomic E-state index is 14.9. The Morgan fingerprint density at radius 1 is 0.884 bits per heavy atom. The highest BCUT2D eigenvalue weighted by Gasteiger charge is 2.52. The van der Waals surface area contributed by atoms with Crippen molar-refractivity contribution in [2.75, 3.05) is 92.8 Å². The molecule has 86 heavy (non-hydrogen) atoms. The Hall–Kier alpha value is -7.04. The summed E-state index contributed by atoms with van der Waals surface area (Å²) in [5.41, 5.74) is 6.02. The third kappa shape index (κ3) is 11.6. The molecule has 7 aliphatic rings. The molecule has 0 radical (unpaired) electrons. The van der Waals surface area contributed by atoms with Gasteiger partial charge in [-0.25, -0.2) is 18.1 Å². The van der Waals surface area contributed by atoms with Crippen LogP contribution >= 0.6 is 0 Å². The zero-order valence-corrected chi connectivity index (χ0v) is 50.6. The fourth-order valence-electron chi connectivity index (χ4n) is 15.2. The summed E-state index contributed by atoms with van der Waals surface area (Å²) in [6, 6.07) is 24.8. The van der Waals surface area contributed by atoms with Gasteiger partial charge in [0.05, 0.1) is 59.6 Å². The Kier molecular flexibility index (Phi) is 15.7. The Morgan fingerprint density at radius 3 is 2.44 bits per heavy atom. The lowest BCUT2D eigenvalue weighted by Crippen LogP contribution is -2.58. The molecule has 20 nitrogen and oxygen atoms in total. The van der Waals surface area contributed by atoms with Crippen molar-refractivity contribution in [2.24, 2.45) is 16.7 Å². The number of hydrogen-bond acceptors (Lipinski definition) is 17. The van der Waals surface area contributed by atoms with E-state index in [1.807, 2.05) is 37.4 Å². The summed E-state index contributed by atoms with van der Waals surface area (Å²) < 4.78 is 55.0. The molecule has 21 heteroatoms. The number of pyridine rings is 2. The van der Waals surface area contributed by atoms with Crippen LogP contribution in [0.4, 0.5) is 34.3 Å². The van der Waals surface area contributed by atoms with E-state index in [0.717, 1.165) is 119 Å². The van der Waals surface area contributed by atoms with Gasteiger partial charge in [-0.3, -0.25) is 19.8 Å². The molecular formula is C65H80N10O10S. The summed E-state index contributed by atoms with van der Waals surface area (Å²) in [6.45, 7) is 13.3. The number of nitro benzene ring substituents is 1. The summed E-state index contributed by atoms with van der Waals surface area (Å²) in [7, 11) is -2.91. The molecule has 0 unspecified atom stereocenters. The van der Waals surface area contributed by atoms with E-state index in [2.05, 4.69) is 85.0 Å². The van der Waals surface area contributed by atoms with Gasteiger partial charge in [0.2, 0.25) is 5.88 Å². The van der Waals surface area contributed by atoms with E-state index in [-0.39, 0.29) is 40.1 Å². The van der Waals surface area contributed by atoms with Gasteiger partial charge in [0.15, 0.2) is 11.6 Å². The van der Waals surface area contributed by atoms with Crippen LogP contribution in [0.5, 0.6) is 11.6 Å². The van der Waals surface area contributed by atoms with Crippen molar-refractivity contribution in [3.8, 4) is 11.6 Å². The number of aliphatic hydroxyl groups is 1. The molecule has 8 heterocycles. The number of anilines is 5. The van der Waals surface area contributed by atoms with E-state index in [1.165, 1.54) is 28.8 Å². The third-order valence-corrected chi connectivity index (χ3v) is 21.5. The van der Waals surface area contributed by atoms with E-state index < -0.39 is 43.1 Å². The Morgan fingerprint density at radius 2 is 1.67 bits per heavy atom. The average molecular weight is 1190 g/mol. The lowest BCUT2D eigenvalue weighted by molar-refractivity contribution is -0.384. The Bertz CT molecular complexity index is 3620. The van der Waals surface area contributed by atoms with E-state index >= 15 is 0 Å². The number of fused-ring (bicyclic) bond motifs is 3. The molecule has 3 aromatic heterocycles. The number of aromatic nitrogens is 3. The molecule has 4 saturated heterocycles. The number of methoxy groups -OCH3 is 1. The molecule has 456 valence electrons. The number of nitro groups is 1. The molecule has 1 amide bonds. The second-order valence-corrected chi connectivity index (χ2v) is 27.8. The Balaban J connectivity index is 0.741. The summed E-state index contributed by atoms with van der Waals surface area (Å²) in [4.78, 5) is 48.9. The van der Waals surface area contributed by atoms with Crippen molar-refractivity contribution in [1.82, 2.24) is 24.6 Å². The van der Waals surface area contributed by atoms with Crippen molar-refractivity contribution >= 4 is 61.2 Å². The second kappa shape index (κ2) is 23.2. The largest absolute Gasteiger partial charge is 0.493 e. The summed E-state index contributed by atoms with van der Waals surface area (Å²) in [5.74, 6) is 1.38. The van der Waals surface area contributed by atoms with Crippen LogP contribution in [0.2, 0.25) is 0 Å². The minimum Gasteiger partial charge on any atom is -0.493 e. The van der Waals surface area contributed by atoms with E-state index in [4.69, 9.17) is 28.9 Å². The number of nitrogens with one attached hydrogen (secondary N) is 3. The van der Waals surface area contributed by atoms with Gasteiger partial charge in [-0.1, -0.05) is 31.2 Å². The summed E-state index contributed by atoms with van der Waals surface area (Å²) in [6.07, 6.45) is 14.1. The number of morpholine rings is 1. The minimum atomic E-state index is -4.65. The first-order chi connectivity index (χ1) is 41.4. The van der Waals surface area contributed by atoms with Crippen LogP contribution in [-0.4, -0.2) is 141 Å². The van der Waals surface area contributed by atoms with E-state index in [0.29, 0.717) is 81.2 Å². The Labute approximate surface area is 503 Å². The van der Waals surface area contributed by atoms with Gasteiger partial charge in [-0.05, 0) is 179 Å². The molecule has 0 bridgehead atoms. The monoisotopic (exact) mass is 1190 g/mol. The molecule has 3 aromatic carbocycles. The third-order valence-electron chi connectivity index (χ3n) is 20.2. The number of carbonyl (C=O) groups excluding carboxylic acids is 1. The predicted molar refractivity (Wildman–Crippen MR) is 330 cm³/mol. The molecule has 1 spiro atoms. The molecule has 2 aliphatic carbocycles. The molecule has 6 aromatic rings. The van der Waals surface area contributed by atoms with Gasteiger partial charge in [0, 0.05) is 80.9 Å². The number of aromatic amines is 1. The number of hydrogen-bond donors (Lipinski definition) is 4. The van der Waals surface area contributed by atoms with Crippen molar-refractivity contribution < 1.29 is 42.2 Å². The average Bonchev–Trinajstić information content (AvgIpc) is 1.03. The van der Waals surface area contributed by atoms with Crippen molar-refractivity contribution in [2.45, 2.75) is 133 Å². The van der Waals surface area contributed by atoms with Crippen molar-refractivity contribution in [3.63, 3.8) is 0 Å². The number of H-pyrrole nitrogens is 1. The first-order valence-electron chi connectivity index (χ1n) is 30.8. The maximum absolute atomic E-state index is 14.9. The van der Waals surface area contributed by atoms with Crippen molar-refractivity contribution in [3.05, 3.63) is 124 Å². The van der Waals surface area contributed by atoms with Crippen LogP contribution < -0.4 is 34.2 Å². The highest BCUT2D eigenvalue weighted by molar-refractivity contribution is 7.90. The first kappa shape index (κ1) is 58.0. The zero-order chi connectivity index (χ0) is 59.5. The smallest absolute Gasteiger partial charge is 0.293 e. The molecule has 13 rings (SSSR count). The van der Waals surface area contributed by atoms with Gasteiger partial charge in [-0.2, -0.15) is 4.98 Å². The standard InChI is InChI=1S/C65H80N10O10S/c1-42-7-5-6-8-49(42)56-38-63(2,35-44-31-57(82-4)60(68-40-44)72-26-29-83-30-27-72)19-25-73(56)47-36-65(37-47)20-23-71(24-21-65)46-9-11-50(53(33-46)74-52-16-28-84-41-58(52)85-62-55(74)32-45-15-22-66-59(45)69-62)61(76)70-86(80,81)48-10-12-51(54(34-48)75(78)79)67-39-43-13-17-64(3,77)18-14-43/h5-12,15,22,31-34,40,43,47,52,56,58,67,77H,13-14,16-21,23-30,35-39,41H2,1-4H3,(H,66,69)(H,70,76)/t43-,52-,56-,58-,63-,64-/m0/s1. The number of rotatable bonds is 15. The first-order valence-corrected chi connectivity index (χ1v) is 32.3.